The molecule has 0 spiro atoms. The van der Waals surface area contributed by atoms with Crippen molar-refractivity contribution in [2.45, 2.75) is 50.9 Å². The summed E-state index contributed by atoms with van der Waals surface area (Å²) in [5.41, 5.74) is 1.27. The summed E-state index contributed by atoms with van der Waals surface area (Å²) in [5.74, 6) is -0.216. The molecule has 3 atom stereocenters. The minimum absolute atomic E-state index is 0.175. The molecule has 0 saturated heterocycles. The molecule has 2 heterocycles. The van der Waals surface area contributed by atoms with Crippen LogP contribution in [-0.2, 0) is 4.79 Å². The van der Waals surface area contributed by atoms with Crippen LogP contribution in [0.1, 0.15) is 49.2 Å². The van der Waals surface area contributed by atoms with Crippen LogP contribution in [-0.4, -0.2) is 21.7 Å². The zero-order chi connectivity index (χ0) is 23.1. The van der Waals surface area contributed by atoms with E-state index in [1.165, 1.54) is 0 Å². The Morgan fingerprint density at radius 1 is 1.18 bits per heavy atom. The van der Waals surface area contributed by atoms with Crippen LogP contribution in [0.3, 0.4) is 0 Å². The fourth-order valence-corrected chi connectivity index (χ4v) is 5.17. The molecule has 1 N–H and O–H groups in total. The van der Waals surface area contributed by atoms with Crippen LogP contribution in [0.2, 0.25) is 5.02 Å². The van der Waals surface area contributed by atoms with Crippen LogP contribution in [0.15, 0.2) is 57.8 Å². The number of fused-ring (bicyclic) bond motifs is 3. The van der Waals surface area contributed by atoms with Crippen molar-refractivity contribution in [3.8, 4) is 0 Å². The number of benzene rings is 2. The number of nitrogens with one attached hydrogen (secondary N) is 1. The maximum Gasteiger partial charge on any atom is 0.264 e. The molecule has 0 bridgehead atoms. The minimum Gasteiger partial charge on any atom is -0.360 e. The van der Waals surface area contributed by atoms with E-state index in [0.29, 0.717) is 44.6 Å². The van der Waals surface area contributed by atoms with Crippen LogP contribution in [0, 0.1) is 6.92 Å². The van der Waals surface area contributed by atoms with Crippen molar-refractivity contribution >= 4 is 39.3 Å². The predicted octanol–water partition coefficient (Wildman–Crippen LogP) is 5.42. The van der Waals surface area contributed by atoms with Gasteiger partial charge in [0, 0.05) is 17.5 Å². The number of alkyl halides is 1. The van der Waals surface area contributed by atoms with E-state index in [1.807, 2.05) is 6.07 Å². The van der Waals surface area contributed by atoms with E-state index < -0.39 is 12.1 Å². The maximum atomic E-state index is 14.7. The van der Waals surface area contributed by atoms with E-state index in [9.17, 15) is 14.0 Å². The van der Waals surface area contributed by atoms with E-state index in [0.717, 1.165) is 19.3 Å². The fourth-order valence-electron chi connectivity index (χ4n) is 4.91. The molecule has 1 aliphatic rings. The predicted molar refractivity (Wildman–Crippen MR) is 125 cm³/mol. The number of halogens is 2. The first-order valence-electron chi connectivity index (χ1n) is 11.0. The number of hydrogen-bond acceptors (Lipinski definition) is 4. The van der Waals surface area contributed by atoms with Gasteiger partial charge in [-0.25, -0.2) is 4.39 Å². The second kappa shape index (κ2) is 8.63. The van der Waals surface area contributed by atoms with Gasteiger partial charge in [0.2, 0.25) is 6.17 Å². The Bertz CT molecular complexity index is 1400. The third kappa shape index (κ3) is 3.80. The van der Waals surface area contributed by atoms with Gasteiger partial charge in [-0.05, 0) is 50.3 Å². The number of carbonyl (C=O) groups excluding carboxylic acids is 1. The number of amides is 1. The van der Waals surface area contributed by atoms with Gasteiger partial charge in [-0.1, -0.05) is 53.2 Å². The number of aryl methyl sites for hydroxylation is 1. The molecule has 1 aliphatic carbocycles. The highest BCUT2D eigenvalue weighted by Gasteiger charge is 2.30. The molecule has 4 aromatic rings. The van der Waals surface area contributed by atoms with Gasteiger partial charge in [0.1, 0.15) is 16.7 Å². The Balaban J connectivity index is 1.48. The highest BCUT2D eigenvalue weighted by Crippen LogP contribution is 2.35. The van der Waals surface area contributed by atoms with Crippen molar-refractivity contribution in [1.29, 1.82) is 0 Å². The molecule has 2 aromatic heterocycles. The van der Waals surface area contributed by atoms with E-state index in [2.05, 4.69) is 10.5 Å². The summed E-state index contributed by atoms with van der Waals surface area (Å²) >= 11 is 6.50. The fraction of sp³-hybridized carbons (Fsp3) is 0.320. The average molecular weight is 468 g/mol. The molecule has 1 saturated carbocycles. The number of pyridine rings is 1. The summed E-state index contributed by atoms with van der Waals surface area (Å²) < 4.78 is 21.8. The van der Waals surface area contributed by atoms with Crippen LogP contribution < -0.4 is 10.9 Å². The summed E-state index contributed by atoms with van der Waals surface area (Å²) in [4.78, 5) is 26.1. The smallest absolute Gasteiger partial charge is 0.264 e. The molecule has 170 valence electrons. The van der Waals surface area contributed by atoms with Gasteiger partial charge in [-0.15, -0.1) is 0 Å². The Hall–Kier alpha value is -3.19. The van der Waals surface area contributed by atoms with Crippen molar-refractivity contribution in [2.24, 2.45) is 0 Å². The van der Waals surface area contributed by atoms with E-state index in [1.54, 1.807) is 54.0 Å². The first-order chi connectivity index (χ1) is 16.0. The lowest BCUT2D eigenvalue weighted by atomic mass is 9.90. The standard InChI is InChI=1S/C25H23ClFN3O3/c1-14-20-23(29-33-14)21-18(26)11-6-12-19(21)30(25(20)32)17-10-5-9-16(13-17)28-24(31)22(27)15-7-3-2-4-8-15/h2-4,6-8,11-12,16-17,22H,5,9-10,13H2,1H3,(H,28,31). The van der Waals surface area contributed by atoms with Crippen molar-refractivity contribution in [2.75, 3.05) is 0 Å². The molecular weight excluding hydrogens is 445 g/mol. The first-order valence-corrected chi connectivity index (χ1v) is 11.4. The molecule has 3 unspecified atom stereocenters. The topological polar surface area (TPSA) is 77.1 Å². The van der Waals surface area contributed by atoms with Crippen LogP contribution in [0.5, 0.6) is 0 Å². The summed E-state index contributed by atoms with van der Waals surface area (Å²) in [6, 6.07) is 13.4. The van der Waals surface area contributed by atoms with Crippen LogP contribution in [0.25, 0.3) is 21.8 Å². The van der Waals surface area contributed by atoms with E-state index in [-0.39, 0.29) is 17.6 Å². The number of carbonyl (C=O) groups is 1. The molecule has 1 amide bonds. The molecule has 0 aliphatic heterocycles. The van der Waals surface area contributed by atoms with Crippen molar-refractivity contribution in [3.05, 3.63) is 75.2 Å². The minimum atomic E-state index is -1.73. The molecular formula is C25H23ClFN3O3. The number of rotatable bonds is 4. The molecule has 8 heteroatoms. The van der Waals surface area contributed by atoms with Gasteiger partial charge < -0.3 is 14.4 Å². The van der Waals surface area contributed by atoms with E-state index >= 15 is 0 Å². The largest absolute Gasteiger partial charge is 0.360 e. The third-order valence-electron chi connectivity index (χ3n) is 6.46. The monoisotopic (exact) mass is 467 g/mol. The lowest BCUT2D eigenvalue weighted by Gasteiger charge is -2.32. The van der Waals surface area contributed by atoms with Gasteiger partial charge in [-0.3, -0.25) is 9.59 Å². The zero-order valence-corrected chi connectivity index (χ0v) is 18.8. The third-order valence-corrected chi connectivity index (χ3v) is 6.78. The Morgan fingerprint density at radius 3 is 2.76 bits per heavy atom. The second-order valence-corrected chi connectivity index (χ2v) is 8.98. The number of aromatic nitrogens is 2. The summed E-state index contributed by atoms with van der Waals surface area (Å²) in [6.07, 6.45) is 1.08. The lowest BCUT2D eigenvalue weighted by Crippen LogP contribution is -2.41. The SMILES string of the molecule is Cc1onc2c1c(=O)n(C1CCCC(NC(=O)C(F)c3ccccc3)C1)c1cccc(Cl)c21. The van der Waals surface area contributed by atoms with Gasteiger partial charge in [0.15, 0.2) is 0 Å². The first kappa shape index (κ1) is 21.6. The summed E-state index contributed by atoms with van der Waals surface area (Å²) in [7, 11) is 0. The lowest BCUT2D eigenvalue weighted by molar-refractivity contribution is -0.127. The quantitative estimate of drug-likeness (QED) is 0.435. The molecule has 2 aromatic carbocycles. The summed E-state index contributed by atoms with van der Waals surface area (Å²) in [6.45, 7) is 1.71. The van der Waals surface area contributed by atoms with E-state index in [4.69, 9.17) is 16.1 Å². The van der Waals surface area contributed by atoms with Gasteiger partial charge in [0.05, 0.1) is 10.5 Å². The Kier molecular flexibility index (Phi) is 5.66. The summed E-state index contributed by atoms with van der Waals surface area (Å²) in [5, 5.41) is 8.51. The number of hydrogen-bond donors (Lipinski definition) is 1. The maximum absolute atomic E-state index is 14.7. The average Bonchev–Trinajstić information content (AvgIpc) is 3.21. The van der Waals surface area contributed by atoms with Gasteiger partial charge >= 0.3 is 0 Å². The Labute approximate surface area is 194 Å². The second-order valence-electron chi connectivity index (χ2n) is 8.57. The van der Waals surface area contributed by atoms with Crippen LogP contribution >= 0.6 is 11.6 Å². The van der Waals surface area contributed by atoms with Crippen molar-refractivity contribution in [1.82, 2.24) is 15.0 Å². The number of nitrogens with zero attached hydrogens (tertiary/aromatic N) is 2. The molecule has 0 radical (unpaired) electrons. The van der Waals surface area contributed by atoms with Crippen LogP contribution in [0.4, 0.5) is 4.39 Å². The molecule has 33 heavy (non-hydrogen) atoms. The zero-order valence-electron chi connectivity index (χ0n) is 18.1. The van der Waals surface area contributed by atoms with Crippen molar-refractivity contribution < 1.29 is 13.7 Å². The van der Waals surface area contributed by atoms with Crippen molar-refractivity contribution in [3.63, 3.8) is 0 Å². The van der Waals surface area contributed by atoms with Gasteiger partial charge in [0.25, 0.3) is 11.5 Å². The highest BCUT2D eigenvalue weighted by atomic mass is 35.5. The Morgan fingerprint density at radius 2 is 1.97 bits per heavy atom. The van der Waals surface area contributed by atoms with Gasteiger partial charge in [-0.2, -0.15) is 0 Å². The highest BCUT2D eigenvalue weighted by molar-refractivity contribution is 6.37. The normalized spacial score (nSPS) is 19.6. The molecule has 6 nitrogen and oxygen atoms in total. The molecule has 1 fully saturated rings. The molecule has 5 rings (SSSR count).